The van der Waals surface area contributed by atoms with E-state index in [0.717, 1.165) is 5.56 Å². The second kappa shape index (κ2) is 8.06. The summed E-state index contributed by atoms with van der Waals surface area (Å²) in [6.45, 7) is 2.37. The average molecular weight is 247 g/mol. The minimum Gasteiger partial charge on any atom is -0.469 e. The SMILES string of the molecule is CCO/N=C(/C=C/CC(=O)OC)c1ccccc1. The summed E-state index contributed by atoms with van der Waals surface area (Å²) in [5.41, 5.74) is 1.62. The van der Waals surface area contributed by atoms with Crippen LogP contribution in [-0.2, 0) is 14.4 Å². The summed E-state index contributed by atoms with van der Waals surface area (Å²) in [7, 11) is 1.36. The van der Waals surface area contributed by atoms with Crippen molar-refractivity contribution in [3.8, 4) is 0 Å². The van der Waals surface area contributed by atoms with Crippen LogP contribution in [0.1, 0.15) is 18.9 Å². The number of esters is 1. The van der Waals surface area contributed by atoms with Gasteiger partial charge in [-0.05, 0) is 13.0 Å². The van der Waals surface area contributed by atoms with Gasteiger partial charge >= 0.3 is 5.97 Å². The second-order valence-electron chi connectivity index (χ2n) is 3.44. The Labute approximate surface area is 107 Å². The molecule has 0 amide bonds. The Morgan fingerprint density at radius 2 is 2.06 bits per heavy atom. The molecule has 0 aliphatic carbocycles. The van der Waals surface area contributed by atoms with Gasteiger partial charge in [0.1, 0.15) is 12.3 Å². The Morgan fingerprint density at radius 1 is 1.33 bits per heavy atom. The van der Waals surface area contributed by atoms with Crippen molar-refractivity contribution >= 4 is 11.7 Å². The number of carbonyl (C=O) groups excluding carboxylic acids is 1. The molecule has 1 aromatic carbocycles. The zero-order valence-electron chi connectivity index (χ0n) is 10.6. The molecule has 0 N–H and O–H groups in total. The largest absolute Gasteiger partial charge is 0.469 e. The predicted molar refractivity (Wildman–Crippen MR) is 70.4 cm³/mol. The van der Waals surface area contributed by atoms with Gasteiger partial charge in [-0.3, -0.25) is 4.79 Å². The van der Waals surface area contributed by atoms with Crippen LogP contribution in [0, 0.1) is 0 Å². The Balaban J connectivity index is 2.77. The highest BCUT2D eigenvalue weighted by molar-refractivity contribution is 6.08. The summed E-state index contributed by atoms with van der Waals surface area (Å²) in [4.78, 5) is 16.1. The molecular formula is C14H17NO3. The lowest BCUT2D eigenvalue weighted by atomic mass is 10.1. The molecule has 18 heavy (non-hydrogen) atoms. The minimum absolute atomic E-state index is 0.217. The number of ether oxygens (including phenoxy) is 1. The van der Waals surface area contributed by atoms with E-state index in [1.54, 1.807) is 12.2 Å². The maximum Gasteiger partial charge on any atom is 0.309 e. The molecule has 4 heteroatoms. The molecule has 0 aliphatic rings. The van der Waals surface area contributed by atoms with Crippen molar-refractivity contribution in [1.82, 2.24) is 0 Å². The van der Waals surface area contributed by atoms with E-state index in [2.05, 4.69) is 9.89 Å². The van der Waals surface area contributed by atoms with Gasteiger partial charge in [0.15, 0.2) is 0 Å². The van der Waals surface area contributed by atoms with Crippen molar-refractivity contribution in [1.29, 1.82) is 0 Å². The van der Waals surface area contributed by atoms with Crippen molar-refractivity contribution < 1.29 is 14.4 Å². The summed E-state index contributed by atoms with van der Waals surface area (Å²) in [5.74, 6) is -0.282. The van der Waals surface area contributed by atoms with Crippen LogP contribution in [0.2, 0.25) is 0 Å². The molecule has 0 heterocycles. The molecule has 0 aromatic heterocycles. The van der Waals surface area contributed by atoms with Crippen molar-refractivity contribution in [2.24, 2.45) is 5.16 Å². The fourth-order valence-electron chi connectivity index (χ4n) is 1.27. The maximum absolute atomic E-state index is 11.0. The van der Waals surface area contributed by atoms with Crippen LogP contribution in [0.25, 0.3) is 0 Å². The van der Waals surface area contributed by atoms with Crippen molar-refractivity contribution in [3.63, 3.8) is 0 Å². The quantitative estimate of drug-likeness (QED) is 0.441. The number of oxime groups is 1. The van der Waals surface area contributed by atoms with Crippen LogP contribution in [0.3, 0.4) is 0 Å². The summed E-state index contributed by atoms with van der Waals surface area (Å²) in [6.07, 6.45) is 3.67. The fraction of sp³-hybridized carbons (Fsp3) is 0.286. The molecule has 0 bridgehead atoms. The zero-order valence-corrected chi connectivity index (χ0v) is 10.6. The van der Waals surface area contributed by atoms with Crippen LogP contribution < -0.4 is 0 Å². The fourth-order valence-corrected chi connectivity index (χ4v) is 1.27. The molecule has 0 fully saturated rings. The molecule has 0 saturated carbocycles. The van der Waals surface area contributed by atoms with Crippen LogP contribution in [-0.4, -0.2) is 25.4 Å². The van der Waals surface area contributed by atoms with Crippen LogP contribution in [0.5, 0.6) is 0 Å². The molecule has 0 unspecified atom stereocenters. The molecular weight excluding hydrogens is 230 g/mol. The van der Waals surface area contributed by atoms with E-state index < -0.39 is 0 Å². The van der Waals surface area contributed by atoms with E-state index in [4.69, 9.17) is 4.84 Å². The molecule has 4 nitrogen and oxygen atoms in total. The van der Waals surface area contributed by atoms with E-state index in [1.165, 1.54) is 7.11 Å². The first-order valence-electron chi connectivity index (χ1n) is 5.76. The molecule has 0 aliphatic heterocycles. The molecule has 0 atom stereocenters. The number of benzene rings is 1. The third-order valence-electron chi connectivity index (χ3n) is 2.15. The van der Waals surface area contributed by atoms with E-state index >= 15 is 0 Å². The Hall–Kier alpha value is -2.10. The van der Waals surface area contributed by atoms with Gasteiger partial charge in [0.05, 0.1) is 13.5 Å². The number of methoxy groups -OCH3 is 1. The smallest absolute Gasteiger partial charge is 0.309 e. The van der Waals surface area contributed by atoms with Gasteiger partial charge in [-0.25, -0.2) is 0 Å². The predicted octanol–water partition coefficient (Wildman–Crippen LogP) is 2.55. The van der Waals surface area contributed by atoms with Crippen molar-refractivity contribution in [2.75, 3.05) is 13.7 Å². The third kappa shape index (κ3) is 4.82. The Bertz CT molecular complexity index is 424. The third-order valence-corrected chi connectivity index (χ3v) is 2.15. The number of allylic oxidation sites excluding steroid dienone is 1. The van der Waals surface area contributed by atoms with Gasteiger partial charge in [-0.2, -0.15) is 0 Å². The van der Waals surface area contributed by atoms with Crippen molar-refractivity contribution in [2.45, 2.75) is 13.3 Å². The lowest BCUT2D eigenvalue weighted by Gasteiger charge is -2.01. The van der Waals surface area contributed by atoms with Gasteiger partial charge in [0.2, 0.25) is 0 Å². The molecule has 0 saturated heterocycles. The highest BCUT2D eigenvalue weighted by atomic mass is 16.6. The lowest BCUT2D eigenvalue weighted by molar-refractivity contribution is -0.139. The number of nitrogens with zero attached hydrogens (tertiary/aromatic N) is 1. The highest BCUT2D eigenvalue weighted by Gasteiger charge is 2.00. The maximum atomic E-state index is 11.0. The van der Waals surface area contributed by atoms with Gasteiger partial charge in [0.25, 0.3) is 0 Å². The van der Waals surface area contributed by atoms with E-state index in [9.17, 15) is 4.79 Å². The van der Waals surface area contributed by atoms with E-state index in [0.29, 0.717) is 12.3 Å². The molecule has 0 spiro atoms. The summed E-state index contributed by atoms with van der Waals surface area (Å²) in [5, 5.41) is 4.01. The number of hydrogen-bond donors (Lipinski definition) is 0. The van der Waals surface area contributed by atoms with Crippen LogP contribution >= 0.6 is 0 Å². The molecule has 1 aromatic rings. The monoisotopic (exact) mass is 247 g/mol. The Morgan fingerprint density at radius 3 is 2.67 bits per heavy atom. The second-order valence-corrected chi connectivity index (χ2v) is 3.44. The van der Waals surface area contributed by atoms with Gasteiger partial charge in [0, 0.05) is 5.56 Å². The topological polar surface area (TPSA) is 47.9 Å². The first-order valence-corrected chi connectivity index (χ1v) is 5.76. The van der Waals surface area contributed by atoms with E-state index in [-0.39, 0.29) is 12.4 Å². The molecule has 1 rings (SSSR count). The van der Waals surface area contributed by atoms with Crippen LogP contribution in [0.15, 0.2) is 47.6 Å². The Kier molecular flexibility index (Phi) is 6.25. The highest BCUT2D eigenvalue weighted by Crippen LogP contribution is 2.04. The summed E-state index contributed by atoms with van der Waals surface area (Å²) >= 11 is 0. The molecule has 0 radical (unpaired) electrons. The number of rotatable bonds is 6. The number of hydrogen-bond acceptors (Lipinski definition) is 4. The first kappa shape index (κ1) is 14.0. The summed E-state index contributed by atoms with van der Waals surface area (Å²) < 4.78 is 4.56. The lowest BCUT2D eigenvalue weighted by Crippen LogP contribution is -2.00. The standard InChI is InChI=1S/C14H17NO3/c1-3-18-15-13(10-7-11-14(16)17-2)12-8-5-4-6-9-12/h4-10H,3,11H2,1-2H3/b10-7+,15-13-. The normalized spacial score (nSPS) is 11.6. The summed E-state index contributed by atoms with van der Waals surface area (Å²) in [6, 6.07) is 9.64. The van der Waals surface area contributed by atoms with Crippen LogP contribution in [0.4, 0.5) is 0 Å². The van der Waals surface area contributed by atoms with E-state index in [1.807, 2.05) is 37.3 Å². The van der Waals surface area contributed by atoms with Gasteiger partial charge in [-0.15, -0.1) is 0 Å². The first-order chi connectivity index (χ1) is 8.77. The number of carbonyl (C=O) groups is 1. The zero-order chi connectivity index (χ0) is 13.2. The average Bonchev–Trinajstić information content (AvgIpc) is 2.43. The van der Waals surface area contributed by atoms with Crippen molar-refractivity contribution in [3.05, 3.63) is 48.0 Å². The van der Waals surface area contributed by atoms with Gasteiger partial charge < -0.3 is 9.57 Å². The minimum atomic E-state index is -0.282. The molecule has 96 valence electrons. The van der Waals surface area contributed by atoms with Gasteiger partial charge in [-0.1, -0.05) is 41.6 Å².